The second kappa shape index (κ2) is 12.8. The maximum atomic E-state index is 6.60. The van der Waals surface area contributed by atoms with E-state index in [1.54, 1.807) is 0 Å². The lowest BCUT2D eigenvalue weighted by molar-refractivity contribution is 0.660. The van der Waals surface area contributed by atoms with Crippen LogP contribution in [0.25, 0.3) is 87.6 Å². The molecule has 278 valence electrons. The molecular weight excluding hydrogens is 715 g/mol. The van der Waals surface area contributed by atoms with Crippen molar-refractivity contribution in [3.8, 4) is 33.4 Å². The number of hydrogen-bond donors (Lipinski definition) is 0. The number of anilines is 3. The summed E-state index contributed by atoms with van der Waals surface area (Å²) in [7, 11) is 0. The quantitative estimate of drug-likeness (QED) is 0.163. The Morgan fingerprint density at radius 3 is 1.83 bits per heavy atom. The van der Waals surface area contributed by atoms with Gasteiger partial charge in [0.05, 0.1) is 5.69 Å². The Balaban J connectivity index is 1.07. The first kappa shape index (κ1) is 33.7. The third-order valence-electron chi connectivity index (χ3n) is 12.8. The molecule has 59 heavy (non-hydrogen) atoms. The fourth-order valence-electron chi connectivity index (χ4n) is 9.97. The smallest absolute Gasteiger partial charge is 0.136 e. The first-order chi connectivity index (χ1) is 29.0. The first-order valence-corrected chi connectivity index (χ1v) is 20.5. The summed E-state index contributed by atoms with van der Waals surface area (Å²) >= 11 is 0. The molecule has 0 unspecified atom stereocenters. The van der Waals surface area contributed by atoms with Gasteiger partial charge in [0.1, 0.15) is 11.2 Å². The van der Waals surface area contributed by atoms with Crippen molar-refractivity contribution in [2.45, 2.75) is 19.3 Å². The summed E-state index contributed by atoms with van der Waals surface area (Å²) in [6.45, 7) is 4.72. The average Bonchev–Trinajstić information content (AvgIpc) is 3.76. The number of para-hydroxylation sites is 1. The van der Waals surface area contributed by atoms with Gasteiger partial charge >= 0.3 is 0 Å². The van der Waals surface area contributed by atoms with Gasteiger partial charge in [-0.2, -0.15) is 0 Å². The highest BCUT2D eigenvalue weighted by molar-refractivity contribution is 6.17. The van der Waals surface area contributed by atoms with Crippen LogP contribution in [0, 0.1) is 0 Å². The molecule has 0 fully saturated rings. The molecule has 1 aliphatic carbocycles. The van der Waals surface area contributed by atoms with Crippen molar-refractivity contribution in [3.05, 3.63) is 211 Å². The predicted octanol–water partition coefficient (Wildman–Crippen LogP) is 16.2. The van der Waals surface area contributed by atoms with Crippen LogP contribution in [0.3, 0.4) is 0 Å². The molecule has 1 heterocycles. The lowest BCUT2D eigenvalue weighted by atomic mass is 9.82. The van der Waals surface area contributed by atoms with Crippen LogP contribution in [-0.2, 0) is 5.41 Å². The zero-order valence-corrected chi connectivity index (χ0v) is 32.9. The van der Waals surface area contributed by atoms with Gasteiger partial charge in [0.25, 0.3) is 0 Å². The van der Waals surface area contributed by atoms with Crippen LogP contribution < -0.4 is 4.90 Å². The van der Waals surface area contributed by atoms with Crippen molar-refractivity contribution < 1.29 is 4.42 Å². The summed E-state index contributed by atoms with van der Waals surface area (Å²) in [6.07, 6.45) is 0. The van der Waals surface area contributed by atoms with Gasteiger partial charge in [-0.15, -0.1) is 0 Å². The molecule has 10 aromatic carbocycles. The minimum Gasteiger partial charge on any atom is -0.456 e. The van der Waals surface area contributed by atoms with Crippen LogP contribution >= 0.6 is 0 Å². The van der Waals surface area contributed by atoms with Crippen molar-refractivity contribution in [2.75, 3.05) is 4.90 Å². The highest BCUT2D eigenvalue weighted by Crippen LogP contribution is 2.52. The number of nitrogens with zero attached hydrogens (tertiary/aromatic N) is 1. The standard InChI is InChI=1S/C57H39NO/c1-57(2)51-23-11-9-20-45(51)46-31-30-41(35-52(46)57)58(40-28-26-36(27-29-40)49-33-39-16-5-6-17-42(39)43-18-7-8-19-44(43)49)53-24-12-10-21-47(53)48-22-13-25-54-56(48)50-32-37-14-3-4-15-38(37)34-55(50)59-54/h3-35H,1-2H3. The summed E-state index contributed by atoms with van der Waals surface area (Å²) in [6, 6.07) is 73.3. The van der Waals surface area contributed by atoms with E-state index in [0.717, 1.165) is 50.1 Å². The molecular formula is C57H39NO. The van der Waals surface area contributed by atoms with E-state index in [4.69, 9.17) is 4.42 Å². The fourth-order valence-corrected chi connectivity index (χ4v) is 9.97. The Labute approximate surface area is 343 Å². The van der Waals surface area contributed by atoms with Crippen LogP contribution in [0.15, 0.2) is 205 Å². The maximum absolute atomic E-state index is 6.60. The summed E-state index contributed by atoms with van der Waals surface area (Å²) in [5, 5.41) is 9.69. The third-order valence-corrected chi connectivity index (χ3v) is 12.8. The normalized spacial score (nSPS) is 13.1. The molecule has 0 saturated heterocycles. The van der Waals surface area contributed by atoms with Gasteiger partial charge in [0, 0.05) is 33.1 Å². The Hall–Kier alpha value is -7.42. The summed E-state index contributed by atoms with van der Waals surface area (Å²) in [4.78, 5) is 2.45. The van der Waals surface area contributed by atoms with E-state index in [0.29, 0.717) is 0 Å². The number of benzene rings is 10. The van der Waals surface area contributed by atoms with Crippen LogP contribution in [0.4, 0.5) is 17.1 Å². The highest BCUT2D eigenvalue weighted by Gasteiger charge is 2.36. The van der Waals surface area contributed by atoms with Crippen molar-refractivity contribution in [2.24, 2.45) is 0 Å². The number of rotatable bonds is 5. The molecule has 0 radical (unpaired) electrons. The second-order valence-corrected chi connectivity index (χ2v) is 16.5. The molecule has 2 heteroatoms. The summed E-state index contributed by atoms with van der Waals surface area (Å²) < 4.78 is 6.60. The number of furan rings is 1. The average molecular weight is 754 g/mol. The van der Waals surface area contributed by atoms with E-state index in [1.165, 1.54) is 65.7 Å². The van der Waals surface area contributed by atoms with Gasteiger partial charge in [-0.05, 0) is 126 Å². The molecule has 0 spiro atoms. The number of fused-ring (bicyclic) bond motifs is 10. The van der Waals surface area contributed by atoms with Gasteiger partial charge < -0.3 is 9.32 Å². The van der Waals surface area contributed by atoms with Gasteiger partial charge in [-0.25, -0.2) is 0 Å². The Kier molecular flexibility index (Phi) is 7.31. The lowest BCUT2D eigenvalue weighted by Gasteiger charge is -2.30. The minimum atomic E-state index is -0.141. The second-order valence-electron chi connectivity index (χ2n) is 16.5. The van der Waals surface area contributed by atoms with Gasteiger partial charge in [-0.1, -0.05) is 159 Å². The molecule has 0 aliphatic heterocycles. The van der Waals surface area contributed by atoms with Crippen LogP contribution in [-0.4, -0.2) is 0 Å². The van der Waals surface area contributed by atoms with E-state index in [1.807, 2.05) is 0 Å². The topological polar surface area (TPSA) is 16.4 Å². The molecule has 0 amide bonds. The fraction of sp³-hybridized carbons (Fsp3) is 0.0526. The molecule has 2 nitrogen and oxygen atoms in total. The lowest BCUT2D eigenvalue weighted by Crippen LogP contribution is -2.16. The van der Waals surface area contributed by atoms with E-state index in [2.05, 4.69) is 219 Å². The molecule has 0 bridgehead atoms. The summed E-state index contributed by atoms with van der Waals surface area (Å²) in [5.74, 6) is 0. The molecule has 1 aliphatic rings. The highest BCUT2D eigenvalue weighted by atomic mass is 16.3. The van der Waals surface area contributed by atoms with Gasteiger partial charge in [0.2, 0.25) is 0 Å². The zero-order valence-electron chi connectivity index (χ0n) is 32.9. The monoisotopic (exact) mass is 753 g/mol. The number of hydrogen-bond acceptors (Lipinski definition) is 2. The van der Waals surface area contributed by atoms with E-state index in [9.17, 15) is 0 Å². The van der Waals surface area contributed by atoms with Gasteiger partial charge in [0.15, 0.2) is 0 Å². The molecule has 0 saturated carbocycles. The van der Waals surface area contributed by atoms with Crippen molar-refractivity contribution in [3.63, 3.8) is 0 Å². The maximum Gasteiger partial charge on any atom is 0.136 e. The van der Waals surface area contributed by atoms with E-state index >= 15 is 0 Å². The SMILES string of the molecule is CC1(C)c2ccccc2-c2ccc(N(c3ccc(-c4cc5ccccc5c5ccccc45)cc3)c3ccccc3-c3cccc4oc5cc6ccccc6cc5c34)cc21. The Morgan fingerprint density at radius 1 is 0.373 bits per heavy atom. The summed E-state index contributed by atoms with van der Waals surface area (Å²) in [5.41, 5.74) is 15.0. The van der Waals surface area contributed by atoms with Crippen LogP contribution in [0.1, 0.15) is 25.0 Å². The van der Waals surface area contributed by atoms with Gasteiger partial charge in [-0.3, -0.25) is 0 Å². The molecule has 11 aromatic rings. The Bertz CT molecular complexity index is 3480. The third kappa shape index (κ3) is 5.13. The molecule has 1 aromatic heterocycles. The van der Waals surface area contributed by atoms with Crippen molar-refractivity contribution in [1.29, 1.82) is 0 Å². The van der Waals surface area contributed by atoms with Crippen LogP contribution in [0.2, 0.25) is 0 Å². The zero-order chi connectivity index (χ0) is 39.2. The van der Waals surface area contributed by atoms with E-state index < -0.39 is 0 Å². The Morgan fingerprint density at radius 2 is 1.00 bits per heavy atom. The van der Waals surface area contributed by atoms with Crippen LogP contribution in [0.5, 0.6) is 0 Å². The van der Waals surface area contributed by atoms with E-state index in [-0.39, 0.29) is 5.41 Å². The largest absolute Gasteiger partial charge is 0.456 e. The predicted molar refractivity (Wildman–Crippen MR) is 249 cm³/mol. The minimum absolute atomic E-state index is 0.141. The van der Waals surface area contributed by atoms with Crippen molar-refractivity contribution >= 4 is 71.3 Å². The molecule has 12 rings (SSSR count). The first-order valence-electron chi connectivity index (χ1n) is 20.5. The molecule has 0 N–H and O–H groups in total. The van der Waals surface area contributed by atoms with Crippen molar-refractivity contribution in [1.82, 2.24) is 0 Å². The molecule has 0 atom stereocenters.